The van der Waals surface area contributed by atoms with Crippen molar-refractivity contribution in [3.05, 3.63) is 10.9 Å². The maximum Gasteiger partial charge on any atom is 0.171 e. The van der Waals surface area contributed by atoms with Crippen molar-refractivity contribution in [2.45, 2.75) is 47.0 Å². The zero-order valence-corrected chi connectivity index (χ0v) is 13.8. The second-order valence-corrected chi connectivity index (χ2v) is 7.94. The summed E-state index contributed by atoms with van der Waals surface area (Å²) in [4.78, 5) is 14.6. The molecule has 1 atom stereocenters. The first kappa shape index (κ1) is 15.4. The second kappa shape index (κ2) is 5.76. The van der Waals surface area contributed by atoms with Crippen LogP contribution in [-0.4, -0.2) is 18.9 Å². The van der Waals surface area contributed by atoms with Gasteiger partial charge >= 0.3 is 0 Å². The molecule has 112 valence electrons. The summed E-state index contributed by atoms with van der Waals surface area (Å²) in [6, 6.07) is 1.97. The predicted octanol–water partition coefficient (Wildman–Crippen LogP) is 4.19. The van der Waals surface area contributed by atoms with Crippen LogP contribution in [0.15, 0.2) is 6.07 Å². The first-order valence-electron chi connectivity index (χ1n) is 7.44. The van der Waals surface area contributed by atoms with Crippen molar-refractivity contribution in [2.24, 2.45) is 11.3 Å². The van der Waals surface area contributed by atoms with Crippen molar-refractivity contribution in [3.63, 3.8) is 0 Å². The average molecular weight is 294 g/mol. The number of anilines is 2. The molecule has 0 amide bonds. The van der Waals surface area contributed by atoms with Crippen molar-refractivity contribution < 1.29 is 4.79 Å². The standard InChI is InChI=1S/C16H26N2OS/c1-11(19)15-13(17)10-14(20-15)18-8-5-6-12(7-9-18)16(2,3)4/h10,12H,5-9,17H2,1-4H3. The number of carbonyl (C=O) groups is 1. The Labute approximate surface area is 126 Å². The summed E-state index contributed by atoms with van der Waals surface area (Å²) in [6.45, 7) is 10.7. The van der Waals surface area contributed by atoms with Gasteiger partial charge in [0.25, 0.3) is 0 Å². The molecule has 0 bridgehead atoms. The molecule has 4 heteroatoms. The fourth-order valence-corrected chi connectivity index (χ4v) is 4.03. The predicted molar refractivity (Wildman–Crippen MR) is 87.7 cm³/mol. The normalized spacial score (nSPS) is 20.8. The van der Waals surface area contributed by atoms with Gasteiger partial charge in [-0.1, -0.05) is 20.8 Å². The second-order valence-electron chi connectivity index (χ2n) is 6.91. The lowest BCUT2D eigenvalue weighted by molar-refractivity contribution is 0.102. The highest BCUT2D eigenvalue weighted by Crippen LogP contribution is 2.38. The summed E-state index contributed by atoms with van der Waals surface area (Å²) >= 11 is 1.54. The highest BCUT2D eigenvalue weighted by molar-refractivity contribution is 7.18. The smallest absolute Gasteiger partial charge is 0.171 e. The molecule has 2 rings (SSSR count). The van der Waals surface area contributed by atoms with Crippen molar-refractivity contribution in [2.75, 3.05) is 23.7 Å². The van der Waals surface area contributed by atoms with Crippen LogP contribution in [0.25, 0.3) is 0 Å². The van der Waals surface area contributed by atoms with E-state index in [0.29, 0.717) is 16.0 Å². The number of carbonyl (C=O) groups excluding carboxylic acids is 1. The number of thiophene rings is 1. The zero-order valence-electron chi connectivity index (χ0n) is 13.0. The van der Waals surface area contributed by atoms with Gasteiger partial charge in [-0.25, -0.2) is 0 Å². The van der Waals surface area contributed by atoms with Crippen LogP contribution in [0, 0.1) is 11.3 Å². The van der Waals surface area contributed by atoms with Gasteiger partial charge in [0.15, 0.2) is 5.78 Å². The number of nitrogens with two attached hydrogens (primary N) is 1. The first-order chi connectivity index (χ1) is 9.29. The summed E-state index contributed by atoms with van der Waals surface area (Å²) in [6.07, 6.45) is 3.73. The molecule has 2 heterocycles. The molecule has 20 heavy (non-hydrogen) atoms. The van der Waals surface area contributed by atoms with Crippen LogP contribution < -0.4 is 10.6 Å². The number of hydrogen-bond acceptors (Lipinski definition) is 4. The minimum Gasteiger partial charge on any atom is -0.397 e. The quantitative estimate of drug-likeness (QED) is 0.832. The van der Waals surface area contributed by atoms with E-state index in [-0.39, 0.29) is 5.78 Å². The molecular weight excluding hydrogens is 268 g/mol. The summed E-state index contributed by atoms with van der Waals surface area (Å²) in [7, 11) is 0. The number of rotatable bonds is 2. The molecule has 3 nitrogen and oxygen atoms in total. The third-order valence-electron chi connectivity index (χ3n) is 4.33. The van der Waals surface area contributed by atoms with Gasteiger partial charge in [0, 0.05) is 20.0 Å². The maximum absolute atomic E-state index is 11.5. The van der Waals surface area contributed by atoms with Crippen molar-refractivity contribution in [1.29, 1.82) is 0 Å². The molecule has 0 saturated carbocycles. The molecule has 1 aromatic rings. The zero-order chi connectivity index (χ0) is 14.9. The molecule has 1 aliphatic heterocycles. The molecule has 1 aliphatic rings. The number of nitrogens with zero attached hydrogens (tertiary/aromatic N) is 1. The largest absolute Gasteiger partial charge is 0.397 e. The highest BCUT2D eigenvalue weighted by atomic mass is 32.1. The summed E-state index contributed by atoms with van der Waals surface area (Å²) in [5.74, 6) is 0.846. The van der Waals surface area contributed by atoms with E-state index >= 15 is 0 Å². The van der Waals surface area contributed by atoms with Gasteiger partial charge in [-0.15, -0.1) is 11.3 Å². The lowest BCUT2D eigenvalue weighted by atomic mass is 9.77. The SMILES string of the molecule is CC(=O)c1sc(N2CCCC(C(C)(C)C)CC2)cc1N. The Bertz CT molecular complexity index is 487. The van der Waals surface area contributed by atoms with Gasteiger partial charge in [-0.3, -0.25) is 4.79 Å². The Morgan fingerprint density at radius 1 is 1.35 bits per heavy atom. The Kier molecular flexibility index (Phi) is 4.43. The number of hydrogen-bond donors (Lipinski definition) is 1. The van der Waals surface area contributed by atoms with Gasteiger partial charge in [0.05, 0.1) is 15.6 Å². The van der Waals surface area contributed by atoms with E-state index in [0.717, 1.165) is 24.0 Å². The van der Waals surface area contributed by atoms with Gasteiger partial charge in [0.1, 0.15) is 0 Å². The molecule has 1 unspecified atom stereocenters. The topological polar surface area (TPSA) is 46.3 Å². The monoisotopic (exact) mass is 294 g/mol. The Morgan fingerprint density at radius 2 is 2.05 bits per heavy atom. The summed E-state index contributed by atoms with van der Waals surface area (Å²) < 4.78 is 0. The van der Waals surface area contributed by atoms with E-state index in [1.54, 1.807) is 18.3 Å². The van der Waals surface area contributed by atoms with Crippen LogP contribution in [0.1, 0.15) is 56.6 Å². The van der Waals surface area contributed by atoms with Gasteiger partial charge in [-0.05, 0) is 36.7 Å². The third kappa shape index (κ3) is 3.35. The lowest BCUT2D eigenvalue weighted by Gasteiger charge is -2.29. The van der Waals surface area contributed by atoms with Gasteiger partial charge in [0.2, 0.25) is 0 Å². The molecule has 0 spiro atoms. The molecule has 2 N–H and O–H groups in total. The first-order valence-corrected chi connectivity index (χ1v) is 8.26. The van der Waals surface area contributed by atoms with Crippen molar-refractivity contribution in [3.8, 4) is 0 Å². The Balaban J connectivity index is 2.11. The van der Waals surface area contributed by atoms with E-state index in [9.17, 15) is 4.79 Å². The molecule has 1 fully saturated rings. The fraction of sp³-hybridized carbons (Fsp3) is 0.688. The van der Waals surface area contributed by atoms with Gasteiger partial charge in [-0.2, -0.15) is 0 Å². The number of Topliss-reactive ketones (excluding diaryl/α,β-unsaturated/α-hetero) is 1. The van der Waals surface area contributed by atoms with E-state index in [4.69, 9.17) is 5.73 Å². The van der Waals surface area contributed by atoms with Gasteiger partial charge < -0.3 is 10.6 Å². The van der Waals surface area contributed by atoms with E-state index in [1.807, 2.05) is 6.07 Å². The lowest BCUT2D eigenvalue weighted by Crippen LogP contribution is -2.25. The number of nitrogen functional groups attached to an aromatic ring is 1. The molecule has 0 aromatic carbocycles. The molecule has 1 saturated heterocycles. The van der Waals surface area contributed by atoms with Crippen LogP contribution in [-0.2, 0) is 0 Å². The van der Waals surface area contributed by atoms with Crippen LogP contribution in [0.2, 0.25) is 0 Å². The molecular formula is C16H26N2OS. The van der Waals surface area contributed by atoms with Crippen LogP contribution in [0.3, 0.4) is 0 Å². The molecule has 0 aliphatic carbocycles. The average Bonchev–Trinajstić information content (AvgIpc) is 2.58. The highest BCUT2D eigenvalue weighted by Gasteiger charge is 2.27. The Hall–Kier alpha value is -1.03. The fourth-order valence-electron chi connectivity index (χ4n) is 3.01. The third-order valence-corrected chi connectivity index (χ3v) is 5.64. The van der Waals surface area contributed by atoms with E-state index < -0.39 is 0 Å². The van der Waals surface area contributed by atoms with E-state index in [2.05, 4.69) is 25.7 Å². The Morgan fingerprint density at radius 3 is 2.60 bits per heavy atom. The molecule has 1 aromatic heterocycles. The van der Waals surface area contributed by atoms with Crippen LogP contribution in [0.5, 0.6) is 0 Å². The maximum atomic E-state index is 11.5. The van der Waals surface area contributed by atoms with Crippen molar-refractivity contribution >= 4 is 27.8 Å². The molecule has 0 radical (unpaired) electrons. The summed E-state index contributed by atoms with van der Waals surface area (Å²) in [5.41, 5.74) is 6.96. The minimum absolute atomic E-state index is 0.0705. The van der Waals surface area contributed by atoms with Crippen molar-refractivity contribution in [1.82, 2.24) is 0 Å². The summed E-state index contributed by atoms with van der Waals surface area (Å²) in [5, 5.41) is 1.15. The van der Waals surface area contributed by atoms with Crippen LogP contribution >= 0.6 is 11.3 Å². The minimum atomic E-state index is 0.0705. The number of ketones is 1. The van der Waals surface area contributed by atoms with E-state index in [1.165, 1.54) is 19.3 Å². The van der Waals surface area contributed by atoms with Crippen LogP contribution in [0.4, 0.5) is 10.7 Å².